The molecule has 0 aliphatic rings. The molecule has 1 amide bonds. The maximum Gasteiger partial charge on any atom is 0.304 e. The number of aryl methyl sites for hydroxylation is 1. The fourth-order valence-corrected chi connectivity index (χ4v) is 2.09. The van der Waals surface area contributed by atoms with Gasteiger partial charge in [0.15, 0.2) is 0 Å². The molecule has 21 heavy (non-hydrogen) atoms. The summed E-state index contributed by atoms with van der Waals surface area (Å²) in [6.45, 7) is 4.75. The van der Waals surface area contributed by atoms with E-state index in [1.807, 2.05) is 31.2 Å². The summed E-state index contributed by atoms with van der Waals surface area (Å²) in [5, 5.41) is 8.70. The zero-order chi connectivity index (χ0) is 16.0. The van der Waals surface area contributed by atoms with Crippen molar-refractivity contribution in [3.8, 4) is 0 Å². The highest BCUT2D eigenvalue weighted by molar-refractivity contribution is 5.81. The van der Waals surface area contributed by atoms with Gasteiger partial charge < -0.3 is 10.0 Å². The Kier molecular flexibility index (Phi) is 6.37. The molecule has 0 aliphatic heterocycles. The summed E-state index contributed by atoms with van der Waals surface area (Å²) in [7, 11) is 3.55. The molecule has 1 rings (SSSR count). The molecule has 1 unspecified atom stereocenters. The minimum absolute atomic E-state index is 0.00820. The number of amides is 1. The van der Waals surface area contributed by atoms with E-state index in [1.165, 1.54) is 0 Å². The third kappa shape index (κ3) is 5.19. The minimum atomic E-state index is -0.852. The van der Waals surface area contributed by atoms with Crippen molar-refractivity contribution in [2.75, 3.05) is 20.6 Å². The molecule has 1 N–H and O–H groups in total. The van der Waals surface area contributed by atoms with E-state index in [2.05, 4.69) is 0 Å². The van der Waals surface area contributed by atoms with Crippen molar-refractivity contribution in [1.29, 1.82) is 0 Å². The number of carbonyl (C=O) groups excluding carboxylic acids is 1. The molecular weight excluding hydrogens is 268 g/mol. The molecule has 0 aromatic heterocycles. The van der Waals surface area contributed by atoms with Gasteiger partial charge in [-0.2, -0.15) is 0 Å². The van der Waals surface area contributed by atoms with E-state index in [0.717, 1.165) is 11.1 Å². The summed E-state index contributed by atoms with van der Waals surface area (Å²) in [6, 6.07) is 7.64. The number of aliphatic carboxylic acids is 1. The topological polar surface area (TPSA) is 60.9 Å². The zero-order valence-corrected chi connectivity index (χ0v) is 13.2. The van der Waals surface area contributed by atoms with Crippen LogP contribution in [0.5, 0.6) is 0 Å². The van der Waals surface area contributed by atoms with Crippen LogP contribution in [0.3, 0.4) is 0 Å². The summed E-state index contributed by atoms with van der Waals surface area (Å²) in [5.74, 6) is -0.860. The molecule has 5 nitrogen and oxygen atoms in total. The van der Waals surface area contributed by atoms with Crippen LogP contribution < -0.4 is 0 Å². The lowest BCUT2D eigenvalue weighted by Crippen LogP contribution is -2.44. The lowest BCUT2D eigenvalue weighted by molar-refractivity contribution is -0.139. The Hall–Kier alpha value is -1.88. The van der Waals surface area contributed by atoms with Gasteiger partial charge in [-0.25, -0.2) is 0 Å². The Morgan fingerprint density at radius 3 is 2.43 bits per heavy atom. The first-order valence-electron chi connectivity index (χ1n) is 7.04. The van der Waals surface area contributed by atoms with Crippen molar-refractivity contribution < 1.29 is 14.7 Å². The summed E-state index contributed by atoms with van der Waals surface area (Å²) in [6.07, 6.45) is 0.0373. The number of hydrogen-bond donors (Lipinski definition) is 1. The smallest absolute Gasteiger partial charge is 0.304 e. The van der Waals surface area contributed by atoms with Gasteiger partial charge in [0.05, 0.1) is 12.5 Å². The number of hydrogen-bond acceptors (Lipinski definition) is 3. The van der Waals surface area contributed by atoms with Crippen LogP contribution in [0.4, 0.5) is 0 Å². The number of rotatable bonds is 7. The van der Waals surface area contributed by atoms with Gasteiger partial charge in [-0.3, -0.25) is 14.5 Å². The van der Waals surface area contributed by atoms with Gasteiger partial charge in [-0.15, -0.1) is 0 Å². The van der Waals surface area contributed by atoms with Crippen molar-refractivity contribution in [3.05, 3.63) is 35.4 Å². The number of carboxylic acid groups (broad SMARTS) is 1. The van der Waals surface area contributed by atoms with E-state index in [1.54, 1.807) is 30.8 Å². The van der Waals surface area contributed by atoms with Crippen molar-refractivity contribution in [1.82, 2.24) is 9.80 Å². The molecule has 0 saturated carbocycles. The van der Waals surface area contributed by atoms with Gasteiger partial charge in [0.25, 0.3) is 0 Å². The summed E-state index contributed by atoms with van der Waals surface area (Å²) >= 11 is 0. The van der Waals surface area contributed by atoms with Crippen LogP contribution in [0.2, 0.25) is 0 Å². The quantitative estimate of drug-likeness (QED) is 0.831. The highest BCUT2D eigenvalue weighted by Gasteiger charge is 2.22. The number of benzene rings is 1. The van der Waals surface area contributed by atoms with Crippen molar-refractivity contribution in [2.45, 2.75) is 32.9 Å². The SMILES string of the molecule is Cc1ccccc1CN(C)C(=O)C(C)N(C)CCC(=O)O. The Balaban J connectivity index is 2.61. The van der Waals surface area contributed by atoms with E-state index in [-0.39, 0.29) is 18.4 Å². The van der Waals surface area contributed by atoms with Crippen LogP contribution in [0.1, 0.15) is 24.5 Å². The summed E-state index contributed by atoms with van der Waals surface area (Å²) < 4.78 is 0. The van der Waals surface area contributed by atoms with Crippen molar-refractivity contribution in [2.24, 2.45) is 0 Å². The van der Waals surface area contributed by atoms with E-state index in [4.69, 9.17) is 5.11 Å². The first-order valence-corrected chi connectivity index (χ1v) is 7.04. The van der Waals surface area contributed by atoms with Gasteiger partial charge in [0, 0.05) is 20.1 Å². The number of carbonyl (C=O) groups is 2. The molecule has 0 aliphatic carbocycles. The fraction of sp³-hybridized carbons (Fsp3) is 0.500. The molecule has 1 aromatic carbocycles. The second-order valence-electron chi connectivity index (χ2n) is 5.42. The van der Waals surface area contributed by atoms with Gasteiger partial charge in [-0.1, -0.05) is 24.3 Å². The second kappa shape index (κ2) is 7.78. The molecule has 0 saturated heterocycles. The van der Waals surface area contributed by atoms with Crippen LogP contribution in [0.15, 0.2) is 24.3 Å². The number of likely N-dealkylation sites (N-methyl/N-ethyl adjacent to an activating group) is 2. The zero-order valence-electron chi connectivity index (χ0n) is 13.2. The van der Waals surface area contributed by atoms with Crippen LogP contribution in [-0.2, 0) is 16.1 Å². The lowest BCUT2D eigenvalue weighted by Gasteiger charge is -2.28. The second-order valence-corrected chi connectivity index (χ2v) is 5.42. The average Bonchev–Trinajstić information content (AvgIpc) is 2.45. The largest absolute Gasteiger partial charge is 0.481 e. The number of carboxylic acids is 1. The maximum absolute atomic E-state index is 12.4. The van der Waals surface area contributed by atoms with Crippen molar-refractivity contribution in [3.63, 3.8) is 0 Å². The van der Waals surface area contributed by atoms with Crippen LogP contribution in [0.25, 0.3) is 0 Å². The van der Waals surface area contributed by atoms with E-state index in [9.17, 15) is 9.59 Å². The Labute approximate surface area is 126 Å². The lowest BCUT2D eigenvalue weighted by atomic mass is 10.1. The first-order chi connectivity index (χ1) is 9.82. The molecular formula is C16H24N2O3. The molecule has 0 radical (unpaired) electrons. The predicted molar refractivity (Wildman–Crippen MR) is 82.0 cm³/mol. The highest BCUT2D eigenvalue weighted by atomic mass is 16.4. The predicted octanol–water partition coefficient (Wildman–Crippen LogP) is 1.75. The molecule has 0 heterocycles. The normalized spacial score (nSPS) is 12.2. The Morgan fingerprint density at radius 1 is 1.24 bits per heavy atom. The van der Waals surface area contributed by atoms with E-state index < -0.39 is 5.97 Å². The monoisotopic (exact) mass is 292 g/mol. The number of nitrogens with zero attached hydrogens (tertiary/aromatic N) is 2. The molecule has 1 aromatic rings. The van der Waals surface area contributed by atoms with Gasteiger partial charge in [0.1, 0.15) is 0 Å². The Morgan fingerprint density at radius 2 is 1.86 bits per heavy atom. The van der Waals surface area contributed by atoms with Gasteiger partial charge in [0.2, 0.25) is 5.91 Å². The molecule has 5 heteroatoms. The third-order valence-corrected chi connectivity index (χ3v) is 3.74. The highest BCUT2D eigenvalue weighted by Crippen LogP contribution is 2.11. The van der Waals surface area contributed by atoms with Gasteiger partial charge in [-0.05, 0) is 32.0 Å². The maximum atomic E-state index is 12.4. The van der Waals surface area contributed by atoms with E-state index >= 15 is 0 Å². The molecule has 1 atom stereocenters. The molecule has 0 fully saturated rings. The minimum Gasteiger partial charge on any atom is -0.481 e. The third-order valence-electron chi connectivity index (χ3n) is 3.74. The van der Waals surface area contributed by atoms with Crippen LogP contribution in [-0.4, -0.2) is 53.5 Å². The van der Waals surface area contributed by atoms with E-state index in [0.29, 0.717) is 13.1 Å². The standard InChI is InChI=1S/C16H24N2O3/c1-12-7-5-6-8-14(12)11-18(4)16(21)13(2)17(3)10-9-15(19)20/h5-8,13H,9-11H2,1-4H3,(H,19,20). The molecule has 0 bridgehead atoms. The Bertz CT molecular complexity index is 502. The van der Waals surface area contributed by atoms with Gasteiger partial charge >= 0.3 is 5.97 Å². The first kappa shape index (κ1) is 17.2. The molecule has 116 valence electrons. The fourth-order valence-electron chi connectivity index (χ4n) is 2.09. The van der Waals surface area contributed by atoms with Crippen molar-refractivity contribution >= 4 is 11.9 Å². The summed E-state index contributed by atoms with van der Waals surface area (Å²) in [4.78, 5) is 26.4. The summed E-state index contributed by atoms with van der Waals surface area (Å²) in [5.41, 5.74) is 2.28. The van der Waals surface area contributed by atoms with Crippen LogP contribution >= 0.6 is 0 Å². The average molecular weight is 292 g/mol. The molecule has 0 spiro atoms. The van der Waals surface area contributed by atoms with Crippen LogP contribution in [0, 0.1) is 6.92 Å².